The second kappa shape index (κ2) is 7.28. The van der Waals surface area contributed by atoms with Crippen LogP contribution in [0.2, 0.25) is 5.02 Å². The summed E-state index contributed by atoms with van der Waals surface area (Å²) >= 11 is 5.55. The summed E-state index contributed by atoms with van der Waals surface area (Å²) in [7, 11) is 0. The van der Waals surface area contributed by atoms with Gasteiger partial charge in [0.1, 0.15) is 6.61 Å². The Kier molecular flexibility index (Phi) is 5.98. The van der Waals surface area contributed by atoms with E-state index in [4.69, 9.17) is 16.7 Å². The third kappa shape index (κ3) is 6.01. The summed E-state index contributed by atoms with van der Waals surface area (Å²) in [6, 6.07) is 2.50. The van der Waals surface area contributed by atoms with Crippen molar-refractivity contribution in [1.82, 2.24) is 5.32 Å². The molecule has 0 unspecified atom stereocenters. The lowest BCUT2D eigenvalue weighted by atomic mass is 10.1. The van der Waals surface area contributed by atoms with Crippen molar-refractivity contribution in [2.75, 3.05) is 19.8 Å². The number of carboxylic acids is 1. The van der Waals surface area contributed by atoms with Crippen LogP contribution in [0.15, 0.2) is 18.2 Å². The van der Waals surface area contributed by atoms with Gasteiger partial charge in [-0.15, -0.1) is 0 Å². The minimum Gasteiger partial charge on any atom is -0.480 e. The molecular weight excluding hydrogens is 315 g/mol. The second-order valence-electron chi connectivity index (χ2n) is 3.93. The summed E-state index contributed by atoms with van der Waals surface area (Å²) < 4.78 is 42.4. The van der Waals surface area contributed by atoms with Crippen LogP contribution in [0, 0.1) is 0 Å². The number of benzene rings is 1. The molecule has 1 aromatic rings. The molecule has 0 fully saturated rings. The van der Waals surface area contributed by atoms with Gasteiger partial charge in [0.15, 0.2) is 0 Å². The van der Waals surface area contributed by atoms with Gasteiger partial charge in [0.05, 0.1) is 12.2 Å². The van der Waals surface area contributed by atoms with E-state index in [-0.39, 0.29) is 23.7 Å². The minimum absolute atomic E-state index is 0.0417. The van der Waals surface area contributed by atoms with E-state index in [9.17, 15) is 22.8 Å². The third-order valence-corrected chi connectivity index (χ3v) is 2.46. The average molecular weight is 326 g/mol. The Morgan fingerprint density at radius 2 is 1.95 bits per heavy atom. The Morgan fingerprint density at radius 1 is 1.29 bits per heavy atom. The lowest BCUT2D eigenvalue weighted by Crippen LogP contribution is -2.28. The van der Waals surface area contributed by atoms with E-state index in [0.717, 1.165) is 6.07 Å². The van der Waals surface area contributed by atoms with Crippen molar-refractivity contribution in [3.8, 4) is 0 Å². The van der Waals surface area contributed by atoms with E-state index in [0.29, 0.717) is 12.1 Å². The third-order valence-electron chi connectivity index (χ3n) is 2.24. The largest absolute Gasteiger partial charge is 0.480 e. The standard InChI is InChI=1S/C12H11ClF3NO4/c13-9-4-7(3-8(5-9)12(14,15)16)11(20)17-1-2-21-6-10(18)19/h3-5H,1-2,6H2,(H,17,20)(H,18,19). The van der Waals surface area contributed by atoms with Gasteiger partial charge in [-0.2, -0.15) is 13.2 Å². The first-order valence-corrected chi connectivity index (χ1v) is 6.03. The minimum atomic E-state index is -4.61. The number of amides is 1. The van der Waals surface area contributed by atoms with Gasteiger partial charge < -0.3 is 15.2 Å². The normalized spacial score (nSPS) is 11.2. The van der Waals surface area contributed by atoms with E-state index < -0.39 is 30.2 Å². The Labute approximate surface area is 122 Å². The summed E-state index contributed by atoms with van der Waals surface area (Å²) in [5, 5.41) is 10.4. The first-order valence-electron chi connectivity index (χ1n) is 5.65. The SMILES string of the molecule is O=C(O)COCCNC(=O)c1cc(Cl)cc(C(F)(F)F)c1. The molecule has 5 nitrogen and oxygen atoms in total. The zero-order chi connectivity index (χ0) is 16.0. The van der Waals surface area contributed by atoms with Crippen molar-refractivity contribution < 1.29 is 32.6 Å². The molecule has 0 saturated carbocycles. The van der Waals surface area contributed by atoms with Crippen LogP contribution in [0.25, 0.3) is 0 Å². The Morgan fingerprint density at radius 3 is 2.52 bits per heavy atom. The highest BCUT2D eigenvalue weighted by Crippen LogP contribution is 2.31. The zero-order valence-corrected chi connectivity index (χ0v) is 11.3. The quantitative estimate of drug-likeness (QED) is 0.786. The number of aliphatic carboxylic acids is 1. The molecule has 0 saturated heterocycles. The van der Waals surface area contributed by atoms with Crippen molar-refractivity contribution in [3.05, 3.63) is 34.3 Å². The topological polar surface area (TPSA) is 75.6 Å². The number of hydrogen-bond acceptors (Lipinski definition) is 3. The van der Waals surface area contributed by atoms with E-state index in [1.54, 1.807) is 0 Å². The molecule has 0 aromatic heterocycles. The van der Waals surface area contributed by atoms with E-state index in [1.165, 1.54) is 0 Å². The van der Waals surface area contributed by atoms with Crippen LogP contribution in [0.5, 0.6) is 0 Å². The molecule has 0 aliphatic heterocycles. The molecule has 1 aromatic carbocycles. The molecule has 1 rings (SSSR count). The first-order chi connectivity index (χ1) is 9.70. The molecule has 0 spiro atoms. The van der Waals surface area contributed by atoms with Crippen LogP contribution < -0.4 is 5.32 Å². The molecule has 9 heteroatoms. The maximum Gasteiger partial charge on any atom is 0.416 e. The average Bonchev–Trinajstić information content (AvgIpc) is 2.36. The van der Waals surface area contributed by atoms with Gasteiger partial charge in [-0.05, 0) is 18.2 Å². The fraction of sp³-hybridized carbons (Fsp3) is 0.333. The van der Waals surface area contributed by atoms with Crippen LogP contribution in [-0.4, -0.2) is 36.7 Å². The van der Waals surface area contributed by atoms with Crippen LogP contribution in [0.4, 0.5) is 13.2 Å². The predicted octanol–water partition coefficient (Wildman–Crippen LogP) is 2.19. The molecule has 116 valence electrons. The van der Waals surface area contributed by atoms with Crippen molar-refractivity contribution >= 4 is 23.5 Å². The number of halogens is 4. The molecule has 0 bridgehead atoms. The molecule has 1 amide bonds. The van der Waals surface area contributed by atoms with Crippen molar-refractivity contribution in [3.63, 3.8) is 0 Å². The number of carbonyl (C=O) groups excluding carboxylic acids is 1. The van der Waals surface area contributed by atoms with Gasteiger partial charge in [0.2, 0.25) is 0 Å². The van der Waals surface area contributed by atoms with Gasteiger partial charge >= 0.3 is 12.1 Å². The molecule has 0 aliphatic carbocycles. The number of hydrogen-bond donors (Lipinski definition) is 2. The Hall–Kier alpha value is -1.80. The first kappa shape index (κ1) is 17.3. The van der Waals surface area contributed by atoms with E-state index in [2.05, 4.69) is 10.1 Å². The number of rotatable bonds is 6. The second-order valence-corrected chi connectivity index (χ2v) is 4.37. The van der Waals surface area contributed by atoms with E-state index in [1.807, 2.05) is 0 Å². The van der Waals surface area contributed by atoms with Crippen molar-refractivity contribution in [2.24, 2.45) is 0 Å². The molecular formula is C12H11ClF3NO4. The predicted molar refractivity (Wildman–Crippen MR) is 67.2 cm³/mol. The van der Waals surface area contributed by atoms with Gasteiger partial charge in [0.25, 0.3) is 5.91 Å². The molecule has 2 N–H and O–H groups in total. The lowest BCUT2D eigenvalue weighted by Gasteiger charge is -2.10. The summed E-state index contributed by atoms with van der Waals surface area (Å²) in [4.78, 5) is 21.8. The zero-order valence-electron chi connectivity index (χ0n) is 10.5. The Bertz CT molecular complexity index is 534. The van der Waals surface area contributed by atoms with Crippen molar-refractivity contribution in [2.45, 2.75) is 6.18 Å². The number of carbonyl (C=O) groups is 2. The van der Waals surface area contributed by atoms with Gasteiger partial charge in [-0.1, -0.05) is 11.6 Å². The number of carboxylic acid groups (broad SMARTS) is 1. The molecule has 21 heavy (non-hydrogen) atoms. The fourth-order valence-corrected chi connectivity index (χ4v) is 1.62. The smallest absolute Gasteiger partial charge is 0.416 e. The van der Waals surface area contributed by atoms with Gasteiger partial charge in [-0.25, -0.2) is 4.79 Å². The van der Waals surface area contributed by atoms with Crippen LogP contribution in [0.3, 0.4) is 0 Å². The monoisotopic (exact) mass is 325 g/mol. The summed E-state index contributed by atoms with van der Waals surface area (Å²) in [5.74, 6) is -1.92. The van der Waals surface area contributed by atoms with Gasteiger partial charge in [-0.3, -0.25) is 4.79 Å². The lowest BCUT2D eigenvalue weighted by molar-refractivity contribution is -0.142. The highest BCUT2D eigenvalue weighted by atomic mass is 35.5. The molecule has 0 atom stereocenters. The van der Waals surface area contributed by atoms with Crippen LogP contribution in [-0.2, 0) is 15.7 Å². The molecule has 0 heterocycles. The summed E-state index contributed by atoms with van der Waals surface area (Å²) in [5.41, 5.74) is -1.27. The Balaban J connectivity index is 2.62. The van der Waals surface area contributed by atoms with E-state index >= 15 is 0 Å². The highest BCUT2D eigenvalue weighted by molar-refractivity contribution is 6.31. The number of alkyl halides is 3. The van der Waals surface area contributed by atoms with Crippen LogP contribution >= 0.6 is 11.6 Å². The molecule has 0 radical (unpaired) electrons. The highest BCUT2D eigenvalue weighted by Gasteiger charge is 2.31. The summed E-state index contributed by atoms with van der Waals surface area (Å²) in [6.07, 6.45) is -4.61. The molecule has 0 aliphatic rings. The van der Waals surface area contributed by atoms with Gasteiger partial charge in [0, 0.05) is 17.1 Å². The number of nitrogens with one attached hydrogen (secondary N) is 1. The fourth-order valence-electron chi connectivity index (χ4n) is 1.38. The van der Waals surface area contributed by atoms with Crippen molar-refractivity contribution in [1.29, 1.82) is 0 Å². The maximum atomic E-state index is 12.6. The summed E-state index contributed by atoms with van der Waals surface area (Å²) in [6.45, 7) is -0.643. The number of ether oxygens (including phenoxy) is 1. The maximum absolute atomic E-state index is 12.6. The van der Waals surface area contributed by atoms with Crippen LogP contribution in [0.1, 0.15) is 15.9 Å².